The lowest BCUT2D eigenvalue weighted by atomic mass is 10.0. The van der Waals surface area contributed by atoms with Crippen LogP contribution in [0.1, 0.15) is 55.5 Å². The second-order valence-corrected chi connectivity index (χ2v) is 9.19. The molecule has 3 rings (SSSR count). The van der Waals surface area contributed by atoms with Crippen LogP contribution in [0.5, 0.6) is 5.75 Å². The van der Waals surface area contributed by atoms with E-state index < -0.39 is 23.6 Å². The van der Waals surface area contributed by atoms with E-state index in [-0.39, 0.29) is 22.9 Å². The molecule has 0 amide bonds. The summed E-state index contributed by atoms with van der Waals surface area (Å²) in [7, 11) is 0. The van der Waals surface area contributed by atoms with Crippen molar-refractivity contribution in [3.05, 3.63) is 71.4 Å². The van der Waals surface area contributed by atoms with E-state index in [1.165, 1.54) is 16.9 Å². The Labute approximate surface area is 214 Å². The predicted molar refractivity (Wildman–Crippen MR) is 136 cm³/mol. The highest BCUT2D eigenvalue weighted by molar-refractivity contribution is 6.11. The van der Waals surface area contributed by atoms with Gasteiger partial charge in [0.25, 0.3) is 0 Å². The second-order valence-electron chi connectivity index (χ2n) is 9.19. The smallest absolute Gasteiger partial charge is 0.320 e. The van der Waals surface area contributed by atoms with Crippen LogP contribution in [-0.2, 0) is 4.79 Å². The minimum absolute atomic E-state index is 0.00877. The first-order valence-corrected chi connectivity index (χ1v) is 12.2. The predicted octanol–water partition coefficient (Wildman–Crippen LogP) is 4.60. The molecule has 0 aliphatic rings. The molecule has 1 atom stereocenters. The molecule has 2 aromatic carbocycles. The first-order valence-electron chi connectivity index (χ1n) is 12.2. The largest absolute Gasteiger partial charge is 0.494 e. The number of rotatable bonds is 14. The highest BCUT2D eigenvalue weighted by Gasteiger charge is 2.19. The van der Waals surface area contributed by atoms with Crippen molar-refractivity contribution < 1.29 is 28.2 Å². The molecule has 1 aromatic heterocycles. The fourth-order valence-electron chi connectivity index (χ4n) is 3.85. The lowest BCUT2D eigenvalue weighted by Crippen LogP contribution is -2.38. The van der Waals surface area contributed by atoms with Crippen molar-refractivity contribution in [2.75, 3.05) is 18.9 Å². The SMILES string of the molecule is CC(C)C[C@H](NCCCCCOc1cccc(C(=O)c2cnn(-c3ccc(F)c(F)c3)c2N)c1)C(=O)O. The standard InChI is InChI=1S/C27H32F2N4O4/c1-17(2)13-24(27(35)36)31-11-4-3-5-12-37-20-8-6-7-18(14-20)25(34)21-16-32-33(26(21)30)19-9-10-22(28)23(29)15-19/h6-10,14-17,24,31H,3-5,11-13,30H2,1-2H3,(H,35,36)/t24-/m0/s1. The zero-order valence-electron chi connectivity index (χ0n) is 20.9. The summed E-state index contributed by atoms with van der Waals surface area (Å²) in [6.07, 6.45) is 4.33. The lowest BCUT2D eigenvalue weighted by Gasteiger charge is -2.16. The molecule has 0 saturated carbocycles. The van der Waals surface area contributed by atoms with Gasteiger partial charge in [0, 0.05) is 11.6 Å². The summed E-state index contributed by atoms with van der Waals surface area (Å²) in [5.41, 5.74) is 6.77. The molecule has 198 valence electrons. The molecule has 3 aromatic rings. The third-order valence-electron chi connectivity index (χ3n) is 5.78. The number of aliphatic carboxylic acids is 1. The maximum Gasteiger partial charge on any atom is 0.320 e. The van der Waals surface area contributed by atoms with E-state index in [0.717, 1.165) is 31.4 Å². The number of hydrogen-bond donors (Lipinski definition) is 3. The number of nitrogens with two attached hydrogens (primary N) is 1. The van der Waals surface area contributed by atoms with E-state index >= 15 is 0 Å². The molecule has 0 saturated heterocycles. The first kappa shape index (κ1) is 27.8. The van der Waals surface area contributed by atoms with Gasteiger partial charge in [0.05, 0.1) is 24.1 Å². The Balaban J connectivity index is 1.51. The summed E-state index contributed by atoms with van der Waals surface area (Å²) in [6, 6.07) is 9.38. The molecule has 0 unspecified atom stereocenters. The van der Waals surface area contributed by atoms with Crippen molar-refractivity contribution in [3.8, 4) is 11.4 Å². The van der Waals surface area contributed by atoms with Gasteiger partial charge in [-0.3, -0.25) is 9.59 Å². The number of carbonyl (C=O) groups is 2. The van der Waals surface area contributed by atoms with Crippen LogP contribution >= 0.6 is 0 Å². The number of carboxylic acid groups (broad SMARTS) is 1. The number of unbranched alkanes of at least 4 members (excludes halogenated alkanes) is 2. The van der Waals surface area contributed by atoms with E-state index in [2.05, 4.69) is 10.4 Å². The Kier molecular flexibility index (Phi) is 9.73. The maximum atomic E-state index is 13.6. The topological polar surface area (TPSA) is 119 Å². The number of anilines is 1. The van der Waals surface area contributed by atoms with Crippen molar-refractivity contribution in [2.24, 2.45) is 5.92 Å². The van der Waals surface area contributed by atoms with Gasteiger partial charge in [0.1, 0.15) is 17.6 Å². The van der Waals surface area contributed by atoms with Gasteiger partial charge in [-0.15, -0.1) is 0 Å². The summed E-state index contributed by atoms with van der Waals surface area (Å²) in [5, 5.41) is 16.4. The van der Waals surface area contributed by atoms with Gasteiger partial charge in [-0.2, -0.15) is 5.10 Å². The van der Waals surface area contributed by atoms with Crippen molar-refractivity contribution >= 4 is 17.6 Å². The van der Waals surface area contributed by atoms with Crippen LogP contribution in [0.3, 0.4) is 0 Å². The van der Waals surface area contributed by atoms with Crippen molar-refractivity contribution in [3.63, 3.8) is 0 Å². The number of carbonyl (C=O) groups excluding carboxylic acids is 1. The van der Waals surface area contributed by atoms with Crippen LogP contribution in [0.15, 0.2) is 48.7 Å². The third-order valence-corrected chi connectivity index (χ3v) is 5.78. The Morgan fingerprint density at radius 3 is 2.59 bits per heavy atom. The van der Waals surface area contributed by atoms with Crippen molar-refractivity contribution in [2.45, 2.75) is 45.6 Å². The van der Waals surface area contributed by atoms with Gasteiger partial charge in [0.2, 0.25) is 0 Å². The average Bonchev–Trinajstić information content (AvgIpc) is 3.24. The summed E-state index contributed by atoms with van der Waals surface area (Å²) in [6.45, 7) is 5.06. The zero-order valence-corrected chi connectivity index (χ0v) is 20.9. The van der Waals surface area contributed by atoms with Crippen LogP contribution < -0.4 is 15.8 Å². The molecule has 0 bridgehead atoms. The molecule has 0 radical (unpaired) electrons. The molecule has 10 heteroatoms. The Morgan fingerprint density at radius 1 is 1.11 bits per heavy atom. The molecular formula is C27H32F2N4O4. The van der Waals surface area contributed by atoms with Crippen LogP contribution in [-0.4, -0.2) is 45.8 Å². The number of halogens is 2. The fraction of sp³-hybridized carbons (Fsp3) is 0.370. The molecule has 0 fully saturated rings. The van der Waals surface area contributed by atoms with Crippen molar-refractivity contribution in [1.82, 2.24) is 15.1 Å². The molecular weight excluding hydrogens is 482 g/mol. The van der Waals surface area contributed by atoms with Crippen LogP contribution in [0.2, 0.25) is 0 Å². The Hall–Kier alpha value is -3.79. The Morgan fingerprint density at radius 2 is 1.89 bits per heavy atom. The number of benzene rings is 2. The minimum atomic E-state index is -1.04. The first-order chi connectivity index (χ1) is 17.7. The van der Waals surface area contributed by atoms with Crippen LogP contribution in [0.25, 0.3) is 5.69 Å². The highest BCUT2D eigenvalue weighted by atomic mass is 19.2. The highest BCUT2D eigenvalue weighted by Crippen LogP contribution is 2.23. The summed E-state index contributed by atoms with van der Waals surface area (Å²) in [4.78, 5) is 24.3. The van der Waals surface area contributed by atoms with Gasteiger partial charge in [-0.1, -0.05) is 26.0 Å². The number of nitrogen functional groups attached to an aromatic ring is 1. The average molecular weight is 515 g/mol. The number of hydrogen-bond acceptors (Lipinski definition) is 6. The zero-order chi connectivity index (χ0) is 26.9. The second kappa shape index (κ2) is 13.0. The van der Waals surface area contributed by atoms with Gasteiger partial charge < -0.3 is 20.9 Å². The summed E-state index contributed by atoms with van der Waals surface area (Å²) >= 11 is 0. The van der Waals surface area contributed by atoms with Crippen LogP contribution in [0, 0.1) is 17.6 Å². The van der Waals surface area contributed by atoms with Gasteiger partial charge in [-0.05, 0) is 62.4 Å². The quantitative estimate of drug-likeness (QED) is 0.212. The number of ether oxygens (including phenoxy) is 1. The van der Waals surface area contributed by atoms with E-state index in [1.807, 2.05) is 13.8 Å². The molecule has 4 N–H and O–H groups in total. The fourth-order valence-corrected chi connectivity index (χ4v) is 3.85. The molecule has 1 heterocycles. The molecule has 8 nitrogen and oxygen atoms in total. The molecule has 0 aliphatic heterocycles. The maximum absolute atomic E-state index is 13.6. The number of aromatic nitrogens is 2. The van der Waals surface area contributed by atoms with E-state index in [4.69, 9.17) is 10.5 Å². The van der Waals surface area contributed by atoms with Gasteiger partial charge >= 0.3 is 5.97 Å². The van der Waals surface area contributed by atoms with E-state index in [9.17, 15) is 23.5 Å². The molecule has 0 aliphatic carbocycles. The monoisotopic (exact) mass is 514 g/mol. The van der Waals surface area contributed by atoms with E-state index in [0.29, 0.717) is 36.8 Å². The summed E-state index contributed by atoms with van der Waals surface area (Å²) < 4.78 is 33.8. The number of carboxylic acids is 1. The summed E-state index contributed by atoms with van der Waals surface area (Å²) in [5.74, 6) is -2.41. The third kappa shape index (κ3) is 7.60. The molecule has 0 spiro atoms. The van der Waals surface area contributed by atoms with E-state index in [1.54, 1.807) is 24.3 Å². The number of nitrogens with zero attached hydrogens (tertiary/aromatic N) is 2. The van der Waals surface area contributed by atoms with Crippen molar-refractivity contribution in [1.29, 1.82) is 0 Å². The normalized spacial score (nSPS) is 12.0. The van der Waals surface area contributed by atoms with Gasteiger partial charge in [-0.25, -0.2) is 13.5 Å². The van der Waals surface area contributed by atoms with Crippen LogP contribution in [0.4, 0.5) is 14.6 Å². The minimum Gasteiger partial charge on any atom is -0.494 e. The number of nitrogens with one attached hydrogen (secondary N) is 1. The Bertz CT molecular complexity index is 1230. The molecule has 37 heavy (non-hydrogen) atoms. The number of ketones is 1. The lowest BCUT2D eigenvalue weighted by molar-refractivity contribution is -0.139. The van der Waals surface area contributed by atoms with Gasteiger partial charge in [0.15, 0.2) is 17.4 Å².